The highest BCUT2D eigenvalue weighted by molar-refractivity contribution is 6.07. The monoisotopic (exact) mass is 402 g/mol. The fourth-order valence-corrected chi connectivity index (χ4v) is 3.46. The quantitative estimate of drug-likeness (QED) is 0.413. The normalized spacial score (nSPS) is 20.3. The third-order valence-corrected chi connectivity index (χ3v) is 4.92. The summed E-state index contributed by atoms with van der Waals surface area (Å²) in [6, 6.07) is 4.80. The zero-order valence-corrected chi connectivity index (χ0v) is 16.2. The van der Waals surface area contributed by atoms with Gasteiger partial charge in [0.25, 0.3) is 5.91 Å². The number of nitrogens with one attached hydrogen (secondary N) is 1. The molecule has 0 spiro atoms. The molecule has 1 aliphatic carbocycles. The van der Waals surface area contributed by atoms with Gasteiger partial charge in [-0.05, 0) is 25.0 Å². The number of esters is 1. The van der Waals surface area contributed by atoms with Gasteiger partial charge in [0, 0.05) is 11.8 Å². The van der Waals surface area contributed by atoms with Crippen LogP contribution in [0.5, 0.6) is 11.5 Å². The van der Waals surface area contributed by atoms with Gasteiger partial charge in [-0.2, -0.15) is 0 Å². The molecule has 1 saturated heterocycles. The van der Waals surface area contributed by atoms with Crippen LogP contribution in [0.3, 0.4) is 0 Å². The first-order chi connectivity index (χ1) is 13.9. The minimum absolute atomic E-state index is 0.365. The van der Waals surface area contributed by atoms with Crippen LogP contribution < -0.4 is 14.8 Å². The molecule has 1 aromatic rings. The lowest BCUT2D eigenvalue weighted by Gasteiger charge is -2.14. The van der Waals surface area contributed by atoms with Gasteiger partial charge in [-0.1, -0.05) is 12.2 Å². The van der Waals surface area contributed by atoms with Crippen LogP contribution in [0.4, 0.5) is 5.69 Å². The Morgan fingerprint density at radius 2 is 1.66 bits per heavy atom. The van der Waals surface area contributed by atoms with Crippen molar-refractivity contribution in [2.45, 2.75) is 12.8 Å². The number of imide groups is 1. The van der Waals surface area contributed by atoms with Gasteiger partial charge in [-0.3, -0.25) is 24.1 Å². The van der Waals surface area contributed by atoms with Crippen molar-refractivity contribution in [3.05, 3.63) is 30.4 Å². The van der Waals surface area contributed by atoms with Crippen molar-refractivity contribution in [2.24, 2.45) is 11.8 Å². The number of nitrogens with zero attached hydrogens (tertiary/aromatic N) is 1. The highest BCUT2D eigenvalue weighted by Gasteiger charge is 2.47. The number of fused-ring (bicyclic) bond motifs is 1. The third kappa shape index (κ3) is 4.39. The summed E-state index contributed by atoms with van der Waals surface area (Å²) in [4.78, 5) is 49.7. The number of methoxy groups -OCH3 is 2. The number of hydrogen-bond donors (Lipinski definition) is 1. The maximum atomic E-state index is 12.3. The van der Waals surface area contributed by atoms with E-state index in [1.807, 2.05) is 12.2 Å². The molecule has 1 heterocycles. The van der Waals surface area contributed by atoms with E-state index in [-0.39, 0.29) is 11.8 Å². The van der Waals surface area contributed by atoms with Gasteiger partial charge in [-0.15, -0.1) is 0 Å². The summed E-state index contributed by atoms with van der Waals surface area (Å²) < 4.78 is 15.2. The standard InChI is InChI=1S/C20H22N2O7/c1-27-15-8-7-12(9-16(15)28-2)21-17(23)11-29-18(24)10-22-19(25)13-5-3-4-6-14(13)20(22)26/h3-4,7-9,13-14H,5-6,10-11H2,1-2H3,(H,21,23)/t13-,14-/m1/s1. The summed E-state index contributed by atoms with van der Waals surface area (Å²) in [5, 5.41) is 2.57. The molecule has 2 aliphatic rings. The number of carbonyl (C=O) groups is 4. The molecule has 154 valence electrons. The van der Waals surface area contributed by atoms with Gasteiger partial charge >= 0.3 is 5.97 Å². The van der Waals surface area contributed by atoms with E-state index in [1.54, 1.807) is 18.2 Å². The summed E-state index contributed by atoms with van der Waals surface area (Å²) >= 11 is 0. The highest BCUT2D eigenvalue weighted by Crippen LogP contribution is 2.35. The molecular formula is C20H22N2O7. The number of carbonyl (C=O) groups excluding carboxylic acids is 4. The maximum absolute atomic E-state index is 12.3. The number of allylic oxidation sites excluding steroid dienone is 2. The van der Waals surface area contributed by atoms with Crippen LogP contribution in [0.2, 0.25) is 0 Å². The molecule has 0 unspecified atom stereocenters. The molecule has 9 heteroatoms. The summed E-state index contributed by atoms with van der Waals surface area (Å²) in [6.07, 6.45) is 4.72. The molecule has 3 amide bonds. The predicted octanol–water partition coefficient (Wildman–Crippen LogP) is 1.14. The molecule has 2 atom stereocenters. The largest absolute Gasteiger partial charge is 0.493 e. The zero-order valence-electron chi connectivity index (χ0n) is 16.2. The van der Waals surface area contributed by atoms with Gasteiger partial charge in [0.05, 0.1) is 26.1 Å². The predicted molar refractivity (Wildman–Crippen MR) is 101 cm³/mol. The molecule has 29 heavy (non-hydrogen) atoms. The fraction of sp³-hybridized carbons (Fsp3) is 0.400. The van der Waals surface area contributed by atoms with E-state index in [1.165, 1.54) is 14.2 Å². The highest BCUT2D eigenvalue weighted by atomic mass is 16.5. The van der Waals surface area contributed by atoms with E-state index < -0.39 is 36.9 Å². The van der Waals surface area contributed by atoms with Crippen molar-refractivity contribution in [3.8, 4) is 11.5 Å². The average Bonchev–Trinajstić information content (AvgIpc) is 2.97. The molecule has 9 nitrogen and oxygen atoms in total. The van der Waals surface area contributed by atoms with Crippen molar-refractivity contribution in [1.29, 1.82) is 0 Å². The molecule has 3 rings (SSSR count). The van der Waals surface area contributed by atoms with Crippen molar-refractivity contribution >= 4 is 29.4 Å². The van der Waals surface area contributed by atoms with Crippen LogP contribution in [0.1, 0.15) is 12.8 Å². The van der Waals surface area contributed by atoms with Crippen LogP contribution in [-0.2, 0) is 23.9 Å². The van der Waals surface area contributed by atoms with E-state index in [0.717, 1.165) is 4.90 Å². The van der Waals surface area contributed by atoms with Crippen LogP contribution in [0.25, 0.3) is 0 Å². The molecule has 0 radical (unpaired) electrons. The lowest BCUT2D eigenvalue weighted by atomic mass is 9.85. The van der Waals surface area contributed by atoms with Gasteiger partial charge in [-0.25, -0.2) is 0 Å². The number of amides is 3. The Balaban J connectivity index is 1.50. The second kappa shape index (κ2) is 8.76. The van der Waals surface area contributed by atoms with Crippen LogP contribution >= 0.6 is 0 Å². The molecule has 0 bridgehead atoms. The Hall–Kier alpha value is -3.36. The van der Waals surface area contributed by atoms with E-state index >= 15 is 0 Å². The van der Waals surface area contributed by atoms with E-state index in [4.69, 9.17) is 14.2 Å². The van der Waals surface area contributed by atoms with Crippen LogP contribution in [-0.4, -0.2) is 56.0 Å². The second-order valence-electron chi connectivity index (χ2n) is 6.70. The number of anilines is 1. The first-order valence-corrected chi connectivity index (χ1v) is 9.12. The van der Waals surface area contributed by atoms with Gasteiger partial charge in [0.2, 0.25) is 11.8 Å². The van der Waals surface area contributed by atoms with Crippen LogP contribution in [0.15, 0.2) is 30.4 Å². The molecule has 0 aromatic heterocycles. The average molecular weight is 402 g/mol. The number of benzene rings is 1. The Kier molecular flexibility index (Phi) is 6.16. The van der Waals surface area contributed by atoms with Gasteiger partial charge < -0.3 is 19.5 Å². The molecule has 1 fully saturated rings. The lowest BCUT2D eigenvalue weighted by Crippen LogP contribution is -2.37. The van der Waals surface area contributed by atoms with Crippen molar-refractivity contribution in [3.63, 3.8) is 0 Å². The smallest absolute Gasteiger partial charge is 0.326 e. The number of ether oxygens (including phenoxy) is 3. The van der Waals surface area contributed by atoms with Gasteiger partial charge in [0.1, 0.15) is 6.54 Å². The number of rotatable bonds is 7. The summed E-state index contributed by atoms with van der Waals surface area (Å²) in [6.45, 7) is -1.04. The first-order valence-electron chi connectivity index (χ1n) is 9.12. The van der Waals surface area contributed by atoms with Gasteiger partial charge in [0.15, 0.2) is 18.1 Å². The van der Waals surface area contributed by atoms with Crippen LogP contribution in [0, 0.1) is 11.8 Å². The topological polar surface area (TPSA) is 111 Å². The van der Waals surface area contributed by atoms with E-state index in [0.29, 0.717) is 30.0 Å². The summed E-state index contributed by atoms with van der Waals surface area (Å²) in [5.74, 6) is -1.99. The first kappa shape index (κ1) is 20.4. The summed E-state index contributed by atoms with van der Waals surface area (Å²) in [7, 11) is 2.97. The number of hydrogen-bond acceptors (Lipinski definition) is 7. The molecule has 1 aromatic carbocycles. The molecular weight excluding hydrogens is 380 g/mol. The van der Waals surface area contributed by atoms with Crippen molar-refractivity contribution in [2.75, 3.05) is 32.7 Å². The Morgan fingerprint density at radius 3 is 2.24 bits per heavy atom. The fourth-order valence-electron chi connectivity index (χ4n) is 3.46. The Labute approximate surface area is 167 Å². The zero-order chi connectivity index (χ0) is 21.0. The lowest BCUT2D eigenvalue weighted by molar-refractivity contribution is -0.154. The number of likely N-dealkylation sites (tertiary alicyclic amines) is 1. The SMILES string of the molecule is COc1ccc(NC(=O)COC(=O)CN2C(=O)[C@@H]3CC=CC[C@H]3C2=O)cc1OC. The molecule has 1 N–H and O–H groups in total. The molecule has 0 saturated carbocycles. The minimum atomic E-state index is -0.819. The second-order valence-corrected chi connectivity index (χ2v) is 6.70. The summed E-state index contributed by atoms with van der Waals surface area (Å²) in [5.41, 5.74) is 0.435. The van der Waals surface area contributed by atoms with E-state index in [2.05, 4.69) is 5.32 Å². The maximum Gasteiger partial charge on any atom is 0.326 e. The Bertz CT molecular complexity index is 838. The molecule has 1 aliphatic heterocycles. The van der Waals surface area contributed by atoms with Crippen molar-refractivity contribution < 1.29 is 33.4 Å². The third-order valence-electron chi connectivity index (χ3n) is 4.92. The van der Waals surface area contributed by atoms with E-state index in [9.17, 15) is 19.2 Å². The Morgan fingerprint density at radius 1 is 1.03 bits per heavy atom. The van der Waals surface area contributed by atoms with Crippen molar-refractivity contribution in [1.82, 2.24) is 4.90 Å². The minimum Gasteiger partial charge on any atom is -0.493 e.